The molecule has 6 heteroatoms. The zero-order valence-corrected chi connectivity index (χ0v) is 6.38. The highest BCUT2D eigenvalue weighted by atomic mass is 16.4. The monoisotopic (exact) mass is 182 g/mol. The van der Waals surface area contributed by atoms with E-state index in [4.69, 9.17) is 20.6 Å². The Morgan fingerprint density at radius 1 is 1.46 bits per heavy atom. The Balaban J connectivity index is 3.20. The number of aliphatic carboxylic acids is 1. The normalized spacial score (nSPS) is 11.9. The largest absolute Gasteiger partial charge is 0.494 e. The molecule has 0 aliphatic carbocycles. The van der Waals surface area contributed by atoms with E-state index in [0.717, 1.165) is 12.1 Å². The average Bonchev–Trinajstić information content (AvgIpc) is 2.36. The highest BCUT2D eigenvalue weighted by Gasteiger charge is 2.23. The van der Waals surface area contributed by atoms with Crippen LogP contribution in [0.1, 0.15) is 6.04 Å². The van der Waals surface area contributed by atoms with Crippen molar-refractivity contribution in [3.05, 3.63) is 12.1 Å². The molecule has 68 valence electrons. The van der Waals surface area contributed by atoms with Crippen LogP contribution in [0.3, 0.4) is 0 Å². The summed E-state index contributed by atoms with van der Waals surface area (Å²) < 4.78 is 0.613. The van der Waals surface area contributed by atoms with Crippen molar-refractivity contribution in [1.82, 2.24) is 4.57 Å². The van der Waals surface area contributed by atoms with Gasteiger partial charge in [-0.2, -0.15) is 5.26 Å². The molecule has 1 heterocycles. The summed E-state index contributed by atoms with van der Waals surface area (Å²) in [5.41, 5.74) is 0. The predicted molar refractivity (Wildman–Crippen MR) is 40.0 cm³/mol. The summed E-state index contributed by atoms with van der Waals surface area (Å²) in [5.74, 6) is -2.37. The van der Waals surface area contributed by atoms with Crippen LogP contribution in [-0.4, -0.2) is 25.9 Å². The topological polar surface area (TPSA) is 106 Å². The lowest BCUT2D eigenvalue weighted by Crippen LogP contribution is -2.16. The number of nitrogens with zero attached hydrogens (tertiary/aromatic N) is 2. The van der Waals surface area contributed by atoms with Crippen LogP contribution in [-0.2, 0) is 4.79 Å². The van der Waals surface area contributed by atoms with Crippen molar-refractivity contribution in [2.45, 2.75) is 6.04 Å². The first-order valence-electron chi connectivity index (χ1n) is 3.29. The Bertz CT molecular complexity index is 357. The summed E-state index contributed by atoms with van der Waals surface area (Å²) in [7, 11) is 0. The number of carboxylic acids is 1. The SMILES string of the molecule is N#CC(C(=O)O)n1c(O)ccc1O. The van der Waals surface area contributed by atoms with E-state index >= 15 is 0 Å². The molecule has 13 heavy (non-hydrogen) atoms. The van der Waals surface area contributed by atoms with Crippen LogP contribution < -0.4 is 0 Å². The minimum atomic E-state index is -1.62. The van der Waals surface area contributed by atoms with Crippen LogP contribution in [0, 0.1) is 11.3 Å². The highest BCUT2D eigenvalue weighted by Crippen LogP contribution is 2.26. The van der Waals surface area contributed by atoms with Gasteiger partial charge < -0.3 is 15.3 Å². The van der Waals surface area contributed by atoms with Gasteiger partial charge in [0.2, 0.25) is 6.04 Å². The van der Waals surface area contributed by atoms with Gasteiger partial charge in [0, 0.05) is 12.1 Å². The zero-order chi connectivity index (χ0) is 10.0. The molecule has 1 aromatic rings. The fourth-order valence-corrected chi connectivity index (χ4v) is 0.915. The van der Waals surface area contributed by atoms with Gasteiger partial charge in [-0.3, -0.25) is 4.57 Å². The molecule has 1 aromatic heterocycles. The molecule has 0 aromatic carbocycles. The smallest absolute Gasteiger partial charge is 0.341 e. The fraction of sp³-hybridized carbons (Fsp3) is 0.143. The molecule has 1 unspecified atom stereocenters. The molecule has 1 rings (SSSR count). The molecule has 3 N–H and O–H groups in total. The summed E-state index contributed by atoms with van der Waals surface area (Å²) in [4.78, 5) is 10.5. The van der Waals surface area contributed by atoms with Gasteiger partial charge >= 0.3 is 5.97 Å². The van der Waals surface area contributed by atoms with Gasteiger partial charge in [-0.25, -0.2) is 4.79 Å². The molecule has 0 aliphatic rings. The summed E-state index contributed by atoms with van der Waals surface area (Å²) in [5, 5.41) is 35.1. The Morgan fingerprint density at radius 2 is 1.92 bits per heavy atom. The number of nitriles is 1. The summed E-state index contributed by atoms with van der Waals surface area (Å²) in [6, 6.07) is 2.01. The molecule has 0 saturated heterocycles. The molecule has 0 bridgehead atoms. The highest BCUT2D eigenvalue weighted by molar-refractivity contribution is 5.75. The third kappa shape index (κ3) is 1.39. The Labute approximate surface area is 72.9 Å². The molecule has 0 saturated carbocycles. The average molecular weight is 182 g/mol. The quantitative estimate of drug-likeness (QED) is 0.599. The molecule has 0 fully saturated rings. The Morgan fingerprint density at radius 3 is 2.23 bits per heavy atom. The van der Waals surface area contributed by atoms with Gasteiger partial charge in [0.05, 0.1) is 0 Å². The Hall–Kier alpha value is -2.16. The molecular formula is C7H6N2O4. The number of carboxylic acid groups (broad SMARTS) is 1. The number of aromatic hydroxyl groups is 2. The number of carbonyl (C=O) groups is 1. The third-order valence-electron chi connectivity index (χ3n) is 1.49. The molecule has 6 nitrogen and oxygen atoms in total. The van der Waals surface area contributed by atoms with E-state index in [-0.39, 0.29) is 0 Å². The maximum Gasteiger partial charge on any atom is 0.341 e. The minimum Gasteiger partial charge on any atom is -0.494 e. The van der Waals surface area contributed by atoms with Crippen LogP contribution in [0.5, 0.6) is 11.8 Å². The second kappa shape index (κ2) is 3.06. The van der Waals surface area contributed by atoms with Crippen molar-refractivity contribution >= 4 is 5.97 Å². The lowest BCUT2D eigenvalue weighted by atomic mass is 10.3. The maximum absolute atomic E-state index is 10.5. The van der Waals surface area contributed by atoms with Gasteiger partial charge in [-0.15, -0.1) is 0 Å². The minimum absolute atomic E-state index is 0.466. The lowest BCUT2D eigenvalue weighted by molar-refractivity contribution is -0.139. The van der Waals surface area contributed by atoms with E-state index in [2.05, 4.69) is 0 Å². The van der Waals surface area contributed by atoms with Crippen LogP contribution >= 0.6 is 0 Å². The van der Waals surface area contributed by atoms with Crippen LogP contribution in [0.15, 0.2) is 12.1 Å². The molecule has 0 radical (unpaired) electrons. The van der Waals surface area contributed by atoms with E-state index in [1.807, 2.05) is 0 Å². The van der Waals surface area contributed by atoms with Crippen molar-refractivity contribution in [1.29, 1.82) is 5.26 Å². The molecule has 0 spiro atoms. The summed E-state index contributed by atoms with van der Waals surface area (Å²) in [6.45, 7) is 0. The van der Waals surface area contributed by atoms with Gasteiger partial charge in [0.15, 0.2) is 11.8 Å². The van der Waals surface area contributed by atoms with Crippen molar-refractivity contribution in [2.75, 3.05) is 0 Å². The maximum atomic E-state index is 10.5. The van der Waals surface area contributed by atoms with E-state index < -0.39 is 23.8 Å². The summed E-state index contributed by atoms with van der Waals surface area (Å²) >= 11 is 0. The van der Waals surface area contributed by atoms with Crippen molar-refractivity contribution in [2.24, 2.45) is 0 Å². The van der Waals surface area contributed by atoms with Gasteiger partial charge in [-0.05, 0) is 0 Å². The van der Waals surface area contributed by atoms with Gasteiger partial charge in [0.25, 0.3) is 0 Å². The Kier molecular flexibility index (Phi) is 2.11. The third-order valence-corrected chi connectivity index (χ3v) is 1.49. The number of rotatable bonds is 2. The van der Waals surface area contributed by atoms with Crippen molar-refractivity contribution < 1.29 is 20.1 Å². The molecule has 0 amide bonds. The second-order valence-electron chi connectivity index (χ2n) is 2.29. The molecular weight excluding hydrogens is 176 g/mol. The first-order valence-corrected chi connectivity index (χ1v) is 3.29. The van der Waals surface area contributed by atoms with Gasteiger partial charge in [-0.1, -0.05) is 0 Å². The number of aromatic nitrogens is 1. The second-order valence-corrected chi connectivity index (χ2v) is 2.29. The van der Waals surface area contributed by atoms with Crippen molar-refractivity contribution in [3.8, 4) is 17.8 Å². The van der Waals surface area contributed by atoms with Crippen molar-refractivity contribution in [3.63, 3.8) is 0 Å². The number of hydrogen-bond acceptors (Lipinski definition) is 4. The fourth-order valence-electron chi connectivity index (χ4n) is 0.915. The van der Waals surface area contributed by atoms with Gasteiger partial charge in [0.1, 0.15) is 6.07 Å². The first-order chi connectivity index (χ1) is 6.07. The number of hydrogen-bond donors (Lipinski definition) is 3. The van der Waals surface area contributed by atoms with Crippen LogP contribution in [0.2, 0.25) is 0 Å². The molecule has 0 aliphatic heterocycles. The molecule has 1 atom stereocenters. The van der Waals surface area contributed by atoms with E-state index in [1.165, 1.54) is 6.07 Å². The van der Waals surface area contributed by atoms with E-state index in [1.54, 1.807) is 0 Å². The lowest BCUT2D eigenvalue weighted by Gasteiger charge is -2.08. The van der Waals surface area contributed by atoms with Crippen LogP contribution in [0.4, 0.5) is 0 Å². The standard InChI is InChI=1S/C7H6N2O4/c8-3-4(7(12)13)9-5(10)1-2-6(9)11/h1-2,4,10-11H,(H,12,13). The predicted octanol–water partition coefficient (Wildman–Crippen LogP) is 0.0486. The first kappa shape index (κ1) is 8.93. The zero-order valence-electron chi connectivity index (χ0n) is 6.38. The van der Waals surface area contributed by atoms with E-state index in [0.29, 0.717) is 4.57 Å². The van der Waals surface area contributed by atoms with Crippen LogP contribution in [0.25, 0.3) is 0 Å². The summed E-state index contributed by atoms with van der Waals surface area (Å²) in [6.07, 6.45) is 0. The van der Waals surface area contributed by atoms with E-state index in [9.17, 15) is 4.79 Å².